The van der Waals surface area contributed by atoms with Gasteiger partial charge in [0.2, 0.25) is 0 Å². The summed E-state index contributed by atoms with van der Waals surface area (Å²) in [6, 6.07) is 8.64. The highest BCUT2D eigenvalue weighted by Gasteiger charge is 2.31. The highest BCUT2D eigenvalue weighted by Crippen LogP contribution is 2.22. The van der Waals surface area contributed by atoms with Crippen molar-refractivity contribution in [2.75, 3.05) is 39.3 Å². The Morgan fingerprint density at radius 3 is 2.96 bits per heavy atom. The number of hydrogen-bond acceptors (Lipinski definition) is 3. The van der Waals surface area contributed by atoms with Gasteiger partial charge in [-0.3, -0.25) is 9.89 Å². The first kappa shape index (κ1) is 18.5. The van der Waals surface area contributed by atoms with Gasteiger partial charge in [0.1, 0.15) is 0 Å². The van der Waals surface area contributed by atoms with E-state index >= 15 is 0 Å². The summed E-state index contributed by atoms with van der Waals surface area (Å²) < 4.78 is 5.99. The molecule has 2 atom stereocenters. The van der Waals surface area contributed by atoms with E-state index in [0.29, 0.717) is 12.6 Å². The largest absolute Gasteiger partial charge is 0.373 e. The maximum atomic E-state index is 5.99. The average Bonchev–Trinajstić information content (AvgIpc) is 3.09. The maximum absolute atomic E-state index is 5.99. The van der Waals surface area contributed by atoms with E-state index in [4.69, 9.17) is 21.3 Å². The first-order valence-electron chi connectivity index (χ1n) is 9.37. The maximum Gasteiger partial charge on any atom is 0.191 e. The highest BCUT2D eigenvalue weighted by atomic mass is 35.5. The lowest BCUT2D eigenvalue weighted by Crippen LogP contribution is -2.47. The molecule has 1 aromatic rings. The van der Waals surface area contributed by atoms with Gasteiger partial charge in [0.25, 0.3) is 0 Å². The second-order valence-electron chi connectivity index (χ2n) is 6.77. The third-order valence-electron chi connectivity index (χ3n) is 4.88. The van der Waals surface area contributed by atoms with E-state index in [1.54, 1.807) is 0 Å². The smallest absolute Gasteiger partial charge is 0.191 e. The molecule has 0 amide bonds. The van der Waals surface area contributed by atoms with Gasteiger partial charge in [-0.1, -0.05) is 23.7 Å². The number of halogens is 1. The molecule has 0 aromatic heterocycles. The predicted octanol–water partition coefficient (Wildman–Crippen LogP) is 2.30. The number of ether oxygens (including phenoxy) is 1. The Kier molecular flexibility index (Phi) is 6.96. The Bertz CT molecular complexity index is 563. The Labute approximate surface area is 155 Å². The minimum Gasteiger partial charge on any atom is -0.373 e. The van der Waals surface area contributed by atoms with Gasteiger partial charge < -0.3 is 15.4 Å². The SMILES string of the molecule is CCNC(=NCC1CN2CCCC2CO1)NCCc1ccc(Cl)cc1. The Morgan fingerprint density at radius 2 is 2.16 bits per heavy atom. The zero-order chi connectivity index (χ0) is 17.5. The third-order valence-corrected chi connectivity index (χ3v) is 5.13. The van der Waals surface area contributed by atoms with Crippen LogP contribution in [-0.4, -0.2) is 62.3 Å². The minimum absolute atomic E-state index is 0.209. The van der Waals surface area contributed by atoms with Crippen molar-refractivity contribution >= 4 is 17.6 Å². The molecule has 2 aliphatic heterocycles. The van der Waals surface area contributed by atoms with Crippen molar-refractivity contribution in [1.29, 1.82) is 0 Å². The van der Waals surface area contributed by atoms with Crippen molar-refractivity contribution in [1.82, 2.24) is 15.5 Å². The van der Waals surface area contributed by atoms with Gasteiger partial charge in [-0.2, -0.15) is 0 Å². The molecule has 2 unspecified atom stereocenters. The van der Waals surface area contributed by atoms with Crippen molar-refractivity contribution in [3.63, 3.8) is 0 Å². The minimum atomic E-state index is 0.209. The normalized spacial score (nSPS) is 24.2. The summed E-state index contributed by atoms with van der Waals surface area (Å²) in [5.74, 6) is 0.864. The van der Waals surface area contributed by atoms with Crippen LogP contribution in [0.3, 0.4) is 0 Å². The summed E-state index contributed by atoms with van der Waals surface area (Å²) >= 11 is 5.93. The van der Waals surface area contributed by atoms with Crippen LogP contribution in [-0.2, 0) is 11.2 Å². The molecule has 2 fully saturated rings. The molecular weight excluding hydrogens is 336 g/mol. The highest BCUT2D eigenvalue weighted by molar-refractivity contribution is 6.30. The van der Waals surface area contributed by atoms with Gasteiger partial charge in [-0.15, -0.1) is 0 Å². The number of nitrogens with one attached hydrogen (secondary N) is 2. The van der Waals surface area contributed by atoms with Crippen LogP contribution in [0.15, 0.2) is 29.3 Å². The summed E-state index contributed by atoms with van der Waals surface area (Å²) in [6.45, 7) is 7.58. The fraction of sp³-hybridized carbons (Fsp3) is 0.632. The van der Waals surface area contributed by atoms with Gasteiger partial charge in [-0.25, -0.2) is 0 Å². The molecule has 0 bridgehead atoms. The van der Waals surface area contributed by atoms with Crippen molar-refractivity contribution < 1.29 is 4.74 Å². The Hall–Kier alpha value is -1.30. The molecule has 3 rings (SSSR count). The molecule has 6 heteroatoms. The van der Waals surface area contributed by atoms with Crippen LogP contribution in [0.5, 0.6) is 0 Å². The molecule has 2 aliphatic rings. The number of fused-ring (bicyclic) bond motifs is 1. The predicted molar refractivity (Wildman–Crippen MR) is 103 cm³/mol. The molecule has 2 N–H and O–H groups in total. The van der Waals surface area contributed by atoms with Crippen LogP contribution in [0.2, 0.25) is 5.02 Å². The Balaban J connectivity index is 1.44. The van der Waals surface area contributed by atoms with Crippen LogP contribution < -0.4 is 10.6 Å². The van der Waals surface area contributed by atoms with Gasteiger partial charge in [0.05, 0.1) is 19.3 Å². The molecule has 0 radical (unpaired) electrons. The molecule has 2 heterocycles. The molecule has 1 aromatic carbocycles. The topological polar surface area (TPSA) is 48.9 Å². The van der Waals surface area contributed by atoms with E-state index in [-0.39, 0.29) is 6.10 Å². The first-order valence-corrected chi connectivity index (χ1v) is 9.74. The van der Waals surface area contributed by atoms with Gasteiger partial charge >= 0.3 is 0 Å². The standard InChI is InChI=1S/C19H29ClN4O/c1-2-21-19(22-10-9-15-5-7-16(20)8-6-15)23-12-18-13-24-11-3-4-17(24)14-25-18/h5-8,17-18H,2-4,9-14H2,1H3,(H2,21,22,23). The van der Waals surface area contributed by atoms with Crippen LogP contribution in [0.4, 0.5) is 0 Å². The first-order chi connectivity index (χ1) is 12.2. The van der Waals surface area contributed by atoms with Crippen molar-refractivity contribution in [2.45, 2.75) is 38.3 Å². The number of hydrogen-bond donors (Lipinski definition) is 2. The van der Waals surface area contributed by atoms with Crippen molar-refractivity contribution in [3.8, 4) is 0 Å². The molecule has 25 heavy (non-hydrogen) atoms. The van der Waals surface area contributed by atoms with Gasteiger partial charge in [0, 0.05) is 30.7 Å². The average molecular weight is 365 g/mol. The van der Waals surface area contributed by atoms with Crippen LogP contribution in [0, 0.1) is 0 Å². The van der Waals surface area contributed by atoms with Crippen molar-refractivity contribution in [2.24, 2.45) is 4.99 Å². The van der Waals surface area contributed by atoms with Gasteiger partial charge in [0.15, 0.2) is 5.96 Å². The van der Waals surface area contributed by atoms with E-state index < -0.39 is 0 Å². The summed E-state index contributed by atoms with van der Waals surface area (Å²) in [7, 11) is 0. The van der Waals surface area contributed by atoms with Crippen LogP contribution in [0.25, 0.3) is 0 Å². The zero-order valence-corrected chi connectivity index (χ0v) is 15.8. The van der Waals surface area contributed by atoms with Gasteiger partial charge in [-0.05, 0) is 50.4 Å². The lowest BCUT2D eigenvalue weighted by molar-refractivity contribution is -0.0432. The van der Waals surface area contributed by atoms with E-state index in [1.807, 2.05) is 12.1 Å². The number of rotatable bonds is 6. The lowest BCUT2D eigenvalue weighted by atomic mass is 10.1. The Morgan fingerprint density at radius 1 is 1.32 bits per heavy atom. The lowest BCUT2D eigenvalue weighted by Gasteiger charge is -2.34. The number of benzene rings is 1. The summed E-state index contributed by atoms with van der Waals surface area (Å²) in [6.07, 6.45) is 3.74. The van der Waals surface area contributed by atoms with Crippen LogP contribution >= 0.6 is 11.6 Å². The summed E-state index contributed by atoms with van der Waals surface area (Å²) in [4.78, 5) is 7.28. The zero-order valence-electron chi connectivity index (χ0n) is 15.0. The fourth-order valence-corrected chi connectivity index (χ4v) is 3.63. The fourth-order valence-electron chi connectivity index (χ4n) is 3.51. The van der Waals surface area contributed by atoms with E-state index in [0.717, 1.165) is 43.6 Å². The molecule has 5 nitrogen and oxygen atoms in total. The van der Waals surface area contributed by atoms with Crippen LogP contribution in [0.1, 0.15) is 25.3 Å². The molecule has 0 aliphatic carbocycles. The number of nitrogens with zero attached hydrogens (tertiary/aromatic N) is 2. The van der Waals surface area contributed by atoms with E-state index in [9.17, 15) is 0 Å². The monoisotopic (exact) mass is 364 g/mol. The number of morpholine rings is 1. The summed E-state index contributed by atoms with van der Waals surface area (Å²) in [5.41, 5.74) is 1.27. The molecule has 2 saturated heterocycles. The summed E-state index contributed by atoms with van der Waals surface area (Å²) in [5, 5.41) is 7.50. The number of aliphatic imine (C=N–C) groups is 1. The molecule has 138 valence electrons. The van der Waals surface area contributed by atoms with E-state index in [2.05, 4.69) is 34.6 Å². The molecular formula is C19H29ClN4O. The third kappa shape index (κ3) is 5.59. The molecule has 0 saturated carbocycles. The number of guanidine groups is 1. The second kappa shape index (κ2) is 9.41. The second-order valence-corrected chi connectivity index (χ2v) is 7.21. The quantitative estimate of drug-likeness (QED) is 0.600. The van der Waals surface area contributed by atoms with E-state index in [1.165, 1.54) is 24.9 Å². The van der Waals surface area contributed by atoms with Crippen molar-refractivity contribution in [3.05, 3.63) is 34.9 Å². The molecule has 0 spiro atoms.